The average Bonchev–Trinajstić information content (AvgIpc) is 3.19. The third-order valence-electron chi connectivity index (χ3n) is 5.26. The van der Waals surface area contributed by atoms with Crippen molar-refractivity contribution in [1.82, 2.24) is 15.0 Å². The summed E-state index contributed by atoms with van der Waals surface area (Å²) in [6.45, 7) is 0.593. The lowest BCUT2D eigenvalue weighted by Crippen LogP contribution is -2.52. The highest BCUT2D eigenvalue weighted by molar-refractivity contribution is 6.34. The number of nitrogens with one attached hydrogen (secondary N) is 2. The van der Waals surface area contributed by atoms with E-state index >= 15 is 0 Å². The van der Waals surface area contributed by atoms with Crippen LogP contribution in [0.4, 0.5) is 5.69 Å². The second-order valence-corrected chi connectivity index (χ2v) is 7.32. The van der Waals surface area contributed by atoms with Crippen molar-refractivity contribution >= 4 is 23.2 Å². The second kappa shape index (κ2) is 6.85. The Morgan fingerprint density at radius 2 is 1.96 bits per heavy atom. The van der Waals surface area contributed by atoms with Crippen molar-refractivity contribution < 1.29 is 9.53 Å². The maximum absolute atomic E-state index is 12.9. The molecule has 6 nitrogen and oxygen atoms in total. The lowest BCUT2D eigenvalue weighted by atomic mass is 10.1. The van der Waals surface area contributed by atoms with E-state index in [0.29, 0.717) is 23.3 Å². The molecule has 0 radical (unpaired) electrons. The van der Waals surface area contributed by atoms with Gasteiger partial charge in [0.25, 0.3) is 5.91 Å². The summed E-state index contributed by atoms with van der Waals surface area (Å²) in [6, 6.07) is 8.42. The molecular formula is C19H23ClN4O2. The predicted molar refractivity (Wildman–Crippen MR) is 102 cm³/mol. The van der Waals surface area contributed by atoms with Crippen LogP contribution in [-0.2, 0) is 6.54 Å². The Morgan fingerprint density at radius 3 is 2.69 bits per heavy atom. The van der Waals surface area contributed by atoms with Gasteiger partial charge in [-0.15, -0.1) is 0 Å². The average molecular weight is 375 g/mol. The summed E-state index contributed by atoms with van der Waals surface area (Å²) in [5.41, 5.74) is 5.75. The first kappa shape index (κ1) is 17.2. The highest BCUT2D eigenvalue weighted by Crippen LogP contribution is 2.34. The van der Waals surface area contributed by atoms with Crippen LogP contribution in [0.3, 0.4) is 0 Å². The fourth-order valence-electron chi connectivity index (χ4n) is 3.85. The quantitative estimate of drug-likeness (QED) is 0.866. The highest BCUT2D eigenvalue weighted by atomic mass is 35.5. The van der Waals surface area contributed by atoms with Gasteiger partial charge in [0, 0.05) is 31.9 Å². The number of carbonyl (C=O) groups is 1. The summed E-state index contributed by atoms with van der Waals surface area (Å²) in [5, 5.41) is 5.57. The van der Waals surface area contributed by atoms with Gasteiger partial charge in [-0.05, 0) is 37.0 Å². The van der Waals surface area contributed by atoms with Gasteiger partial charge < -0.3 is 14.6 Å². The number of halogens is 1. The zero-order valence-electron chi connectivity index (χ0n) is 15.0. The first-order valence-electron chi connectivity index (χ1n) is 8.89. The van der Waals surface area contributed by atoms with Crippen LogP contribution in [-0.4, -0.2) is 41.7 Å². The van der Waals surface area contributed by atoms with Gasteiger partial charge >= 0.3 is 0 Å². The first-order chi connectivity index (χ1) is 12.6. The SMILES string of the molecule is COc1ccc(Cn2cc3c(c2Cl)C(=O)N(C)N[C@@H]2CCC[C@@H]2N3)cc1. The van der Waals surface area contributed by atoms with Crippen molar-refractivity contribution in [2.75, 3.05) is 19.5 Å². The molecule has 1 aromatic heterocycles. The van der Waals surface area contributed by atoms with E-state index in [-0.39, 0.29) is 11.9 Å². The Balaban J connectivity index is 1.67. The van der Waals surface area contributed by atoms with Gasteiger partial charge in [-0.1, -0.05) is 23.7 Å². The Hall–Kier alpha value is -2.18. The van der Waals surface area contributed by atoms with Crippen LogP contribution in [0.2, 0.25) is 5.15 Å². The molecule has 1 aliphatic carbocycles. The monoisotopic (exact) mass is 374 g/mol. The summed E-state index contributed by atoms with van der Waals surface area (Å²) in [6.07, 6.45) is 5.24. The minimum atomic E-state index is -0.115. The summed E-state index contributed by atoms with van der Waals surface area (Å²) >= 11 is 6.60. The Kier molecular flexibility index (Phi) is 4.54. The van der Waals surface area contributed by atoms with Crippen LogP contribution in [0.5, 0.6) is 5.75 Å². The summed E-state index contributed by atoms with van der Waals surface area (Å²) in [5.74, 6) is 0.702. The van der Waals surface area contributed by atoms with E-state index in [9.17, 15) is 4.79 Å². The van der Waals surface area contributed by atoms with Gasteiger partial charge in [-0.2, -0.15) is 0 Å². The number of nitrogens with zero attached hydrogens (tertiary/aromatic N) is 2. The van der Waals surface area contributed by atoms with E-state index in [1.165, 1.54) is 0 Å². The molecule has 1 amide bonds. The van der Waals surface area contributed by atoms with Crippen molar-refractivity contribution in [3.8, 4) is 5.75 Å². The topological polar surface area (TPSA) is 58.5 Å². The van der Waals surface area contributed by atoms with Crippen LogP contribution in [0.25, 0.3) is 0 Å². The molecule has 2 aliphatic rings. The standard InChI is InChI=1S/C19H23ClN4O2/c1-23-19(25)17-16(21-14-4-3-5-15(14)22-23)11-24(18(17)20)10-12-6-8-13(26-2)9-7-12/h6-9,11,14-15,21-22H,3-5,10H2,1-2H3/t14-,15+/m0/s1. The van der Waals surface area contributed by atoms with Crippen LogP contribution >= 0.6 is 11.6 Å². The number of hydrazine groups is 1. The Labute approximate surface area is 158 Å². The fraction of sp³-hybridized carbons (Fsp3) is 0.421. The zero-order chi connectivity index (χ0) is 18.3. The lowest BCUT2D eigenvalue weighted by molar-refractivity contribution is 0.0677. The van der Waals surface area contributed by atoms with Crippen molar-refractivity contribution in [1.29, 1.82) is 0 Å². The van der Waals surface area contributed by atoms with Crippen LogP contribution in [0.1, 0.15) is 35.2 Å². The van der Waals surface area contributed by atoms with Gasteiger partial charge in [-0.25, -0.2) is 5.43 Å². The Morgan fingerprint density at radius 1 is 1.23 bits per heavy atom. The maximum atomic E-state index is 12.9. The van der Waals surface area contributed by atoms with E-state index in [1.54, 1.807) is 19.2 Å². The third-order valence-corrected chi connectivity index (χ3v) is 5.67. The fourth-order valence-corrected chi connectivity index (χ4v) is 4.14. The minimum Gasteiger partial charge on any atom is -0.497 e. The number of amides is 1. The smallest absolute Gasteiger partial charge is 0.272 e. The van der Waals surface area contributed by atoms with E-state index in [1.807, 2.05) is 35.0 Å². The van der Waals surface area contributed by atoms with Crippen LogP contribution in [0, 0.1) is 0 Å². The van der Waals surface area contributed by atoms with Crippen molar-refractivity contribution in [3.63, 3.8) is 0 Å². The largest absolute Gasteiger partial charge is 0.497 e. The van der Waals surface area contributed by atoms with Gasteiger partial charge in [0.1, 0.15) is 16.5 Å². The molecule has 2 heterocycles. The molecule has 1 aromatic carbocycles. The first-order valence-corrected chi connectivity index (χ1v) is 9.27. The predicted octanol–water partition coefficient (Wildman–Crippen LogP) is 3.12. The molecule has 0 unspecified atom stereocenters. The van der Waals surface area contributed by atoms with Crippen molar-refractivity contribution in [3.05, 3.63) is 46.7 Å². The molecule has 7 heteroatoms. The normalized spacial score (nSPS) is 22.3. The van der Waals surface area contributed by atoms with Crippen molar-refractivity contribution in [2.45, 2.75) is 37.9 Å². The van der Waals surface area contributed by atoms with E-state index in [4.69, 9.17) is 16.3 Å². The van der Waals surface area contributed by atoms with Crippen molar-refractivity contribution in [2.24, 2.45) is 0 Å². The van der Waals surface area contributed by atoms with E-state index in [2.05, 4.69) is 10.7 Å². The molecule has 0 saturated heterocycles. The third kappa shape index (κ3) is 3.04. The van der Waals surface area contributed by atoms with Gasteiger partial charge in [0.15, 0.2) is 0 Å². The summed E-state index contributed by atoms with van der Waals surface area (Å²) < 4.78 is 7.12. The molecular weight excluding hydrogens is 352 g/mol. The molecule has 2 N–H and O–H groups in total. The summed E-state index contributed by atoms with van der Waals surface area (Å²) in [4.78, 5) is 12.9. The molecule has 0 spiro atoms. The van der Waals surface area contributed by atoms with Crippen LogP contribution < -0.4 is 15.5 Å². The molecule has 26 heavy (non-hydrogen) atoms. The maximum Gasteiger partial charge on any atom is 0.272 e. The number of anilines is 1. The number of methoxy groups -OCH3 is 1. The van der Waals surface area contributed by atoms with E-state index < -0.39 is 0 Å². The minimum absolute atomic E-state index is 0.115. The van der Waals surface area contributed by atoms with E-state index in [0.717, 1.165) is 36.3 Å². The number of rotatable bonds is 3. The molecule has 1 aliphatic heterocycles. The molecule has 138 valence electrons. The Bertz CT molecular complexity index is 818. The number of carbonyl (C=O) groups excluding carboxylic acids is 1. The van der Waals surface area contributed by atoms with Gasteiger partial charge in [-0.3, -0.25) is 9.80 Å². The summed E-state index contributed by atoms with van der Waals surface area (Å²) in [7, 11) is 3.42. The molecule has 2 atom stereocenters. The number of hydrogen-bond acceptors (Lipinski definition) is 4. The number of ether oxygens (including phenoxy) is 1. The number of aromatic nitrogens is 1. The number of hydrogen-bond donors (Lipinski definition) is 2. The molecule has 0 bridgehead atoms. The molecule has 1 saturated carbocycles. The zero-order valence-corrected chi connectivity index (χ0v) is 15.7. The highest BCUT2D eigenvalue weighted by Gasteiger charge is 2.35. The lowest BCUT2D eigenvalue weighted by Gasteiger charge is -2.31. The van der Waals surface area contributed by atoms with Gasteiger partial charge in [0.2, 0.25) is 0 Å². The molecule has 4 rings (SSSR count). The molecule has 1 fully saturated rings. The number of benzene rings is 1. The van der Waals surface area contributed by atoms with Crippen LogP contribution in [0.15, 0.2) is 30.5 Å². The molecule has 2 aromatic rings. The van der Waals surface area contributed by atoms with Gasteiger partial charge in [0.05, 0.1) is 12.8 Å². The second-order valence-electron chi connectivity index (χ2n) is 6.97. The number of fused-ring (bicyclic) bond motifs is 2.